The molecule has 2 rings (SSSR count). The second-order valence-corrected chi connectivity index (χ2v) is 4.75. The maximum absolute atomic E-state index is 14.0. The van der Waals surface area contributed by atoms with Gasteiger partial charge < -0.3 is 5.32 Å². The first-order valence-electron chi connectivity index (χ1n) is 6.22. The lowest BCUT2D eigenvalue weighted by Gasteiger charge is -2.19. The predicted molar refractivity (Wildman–Crippen MR) is 64.9 cm³/mol. The summed E-state index contributed by atoms with van der Waals surface area (Å²) in [6, 6.07) is 5.94. The van der Waals surface area contributed by atoms with Gasteiger partial charge in [-0.05, 0) is 44.2 Å². The third kappa shape index (κ3) is 2.43. The second-order valence-electron chi connectivity index (χ2n) is 4.75. The molecule has 0 aromatic heterocycles. The Morgan fingerprint density at radius 1 is 1.44 bits per heavy atom. The van der Waals surface area contributed by atoms with Crippen molar-refractivity contribution in [3.63, 3.8) is 0 Å². The summed E-state index contributed by atoms with van der Waals surface area (Å²) in [5.41, 5.74) is 1.61. The molecule has 0 saturated heterocycles. The maximum Gasteiger partial charge on any atom is 0.130 e. The van der Waals surface area contributed by atoms with Crippen LogP contribution in [-0.2, 0) is 0 Å². The predicted octanol–water partition coefficient (Wildman–Crippen LogP) is 3.58. The van der Waals surface area contributed by atoms with Crippen molar-refractivity contribution in [2.45, 2.75) is 39.2 Å². The van der Waals surface area contributed by atoms with Crippen LogP contribution in [0.4, 0.5) is 4.39 Å². The molecular formula is C14H20FN. The van der Waals surface area contributed by atoms with Crippen molar-refractivity contribution in [2.75, 3.05) is 6.54 Å². The minimum absolute atomic E-state index is 0.0250. The molecule has 0 aliphatic heterocycles. The van der Waals surface area contributed by atoms with Crippen molar-refractivity contribution in [3.8, 4) is 0 Å². The first-order chi connectivity index (χ1) is 7.74. The van der Waals surface area contributed by atoms with Gasteiger partial charge in [0.2, 0.25) is 0 Å². The quantitative estimate of drug-likeness (QED) is 0.801. The number of hydrogen-bond acceptors (Lipinski definition) is 1. The molecule has 1 atom stereocenters. The summed E-state index contributed by atoms with van der Waals surface area (Å²) in [5, 5.41) is 3.48. The first kappa shape index (κ1) is 11.6. The van der Waals surface area contributed by atoms with E-state index >= 15 is 0 Å². The molecule has 1 aromatic rings. The molecule has 1 aliphatic rings. The van der Waals surface area contributed by atoms with Crippen molar-refractivity contribution in [3.05, 3.63) is 35.1 Å². The van der Waals surface area contributed by atoms with Crippen LogP contribution >= 0.6 is 0 Å². The average Bonchev–Trinajstić information content (AvgIpc) is 3.08. The van der Waals surface area contributed by atoms with Gasteiger partial charge in [-0.1, -0.05) is 25.1 Å². The van der Waals surface area contributed by atoms with Crippen molar-refractivity contribution in [1.29, 1.82) is 0 Å². The average molecular weight is 221 g/mol. The van der Waals surface area contributed by atoms with E-state index in [-0.39, 0.29) is 11.9 Å². The van der Waals surface area contributed by atoms with Gasteiger partial charge in [-0.25, -0.2) is 4.39 Å². The highest BCUT2D eigenvalue weighted by atomic mass is 19.1. The fourth-order valence-corrected chi connectivity index (χ4v) is 2.17. The van der Waals surface area contributed by atoms with Crippen LogP contribution in [0, 0.1) is 18.7 Å². The van der Waals surface area contributed by atoms with Gasteiger partial charge in [0.15, 0.2) is 0 Å². The van der Waals surface area contributed by atoms with E-state index in [0.29, 0.717) is 5.92 Å². The van der Waals surface area contributed by atoms with E-state index in [1.807, 2.05) is 25.1 Å². The zero-order valence-electron chi connectivity index (χ0n) is 10.1. The Kier molecular flexibility index (Phi) is 3.59. The molecule has 1 unspecified atom stereocenters. The minimum Gasteiger partial charge on any atom is -0.310 e. The lowest BCUT2D eigenvalue weighted by molar-refractivity contribution is 0.456. The first-order valence-corrected chi connectivity index (χ1v) is 6.22. The number of nitrogens with one attached hydrogen (secondary N) is 1. The monoisotopic (exact) mass is 221 g/mol. The number of benzene rings is 1. The fraction of sp³-hybridized carbons (Fsp3) is 0.571. The van der Waals surface area contributed by atoms with E-state index in [4.69, 9.17) is 0 Å². The summed E-state index contributed by atoms with van der Waals surface area (Å²) in [6.45, 7) is 4.95. The highest BCUT2D eigenvalue weighted by Gasteiger charge is 2.33. The van der Waals surface area contributed by atoms with Crippen LogP contribution in [0.25, 0.3) is 0 Å². The van der Waals surface area contributed by atoms with Gasteiger partial charge in [0.25, 0.3) is 0 Å². The number of hydrogen-bond donors (Lipinski definition) is 1. The van der Waals surface area contributed by atoms with E-state index < -0.39 is 0 Å². The van der Waals surface area contributed by atoms with Gasteiger partial charge >= 0.3 is 0 Å². The van der Waals surface area contributed by atoms with E-state index in [0.717, 1.165) is 24.1 Å². The van der Waals surface area contributed by atoms with E-state index in [1.54, 1.807) is 0 Å². The topological polar surface area (TPSA) is 12.0 Å². The molecule has 0 spiro atoms. The standard InChI is InChI=1S/C14H20FN/c1-3-9-16-14(11-7-8-11)12-6-4-5-10(2)13(12)15/h4-6,11,14,16H,3,7-9H2,1-2H3. The van der Waals surface area contributed by atoms with Gasteiger partial charge in [-0.3, -0.25) is 0 Å². The molecule has 1 N–H and O–H groups in total. The summed E-state index contributed by atoms with van der Waals surface area (Å²) in [4.78, 5) is 0. The van der Waals surface area contributed by atoms with Gasteiger partial charge in [-0.15, -0.1) is 0 Å². The van der Waals surface area contributed by atoms with Gasteiger partial charge in [0.1, 0.15) is 5.82 Å². The largest absolute Gasteiger partial charge is 0.310 e. The van der Waals surface area contributed by atoms with E-state index in [1.165, 1.54) is 12.8 Å². The zero-order valence-corrected chi connectivity index (χ0v) is 10.1. The number of rotatable bonds is 5. The van der Waals surface area contributed by atoms with Gasteiger partial charge in [0.05, 0.1) is 0 Å². The third-order valence-electron chi connectivity index (χ3n) is 3.26. The van der Waals surface area contributed by atoms with Crippen LogP contribution in [0.3, 0.4) is 0 Å². The van der Waals surface area contributed by atoms with Gasteiger partial charge in [0, 0.05) is 11.6 Å². The summed E-state index contributed by atoms with van der Waals surface area (Å²) >= 11 is 0. The SMILES string of the molecule is CCCNC(c1cccc(C)c1F)C1CC1. The van der Waals surface area contributed by atoms with Crippen molar-refractivity contribution in [1.82, 2.24) is 5.32 Å². The van der Waals surface area contributed by atoms with Crippen LogP contribution < -0.4 is 5.32 Å². The van der Waals surface area contributed by atoms with Crippen molar-refractivity contribution < 1.29 is 4.39 Å². The summed E-state index contributed by atoms with van der Waals surface area (Å²) in [6.07, 6.45) is 3.56. The molecule has 1 aromatic carbocycles. The molecule has 0 bridgehead atoms. The maximum atomic E-state index is 14.0. The van der Waals surface area contributed by atoms with Crippen molar-refractivity contribution >= 4 is 0 Å². The number of halogens is 1. The second kappa shape index (κ2) is 4.96. The highest BCUT2D eigenvalue weighted by Crippen LogP contribution is 2.41. The molecule has 0 radical (unpaired) electrons. The Morgan fingerprint density at radius 2 is 2.19 bits per heavy atom. The Morgan fingerprint density at radius 3 is 2.81 bits per heavy atom. The number of aryl methyl sites for hydroxylation is 1. The van der Waals surface area contributed by atoms with Gasteiger partial charge in [-0.2, -0.15) is 0 Å². The van der Waals surface area contributed by atoms with Crippen LogP contribution in [0.5, 0.6) is 0 Å². The van der Waals surface area contributed by atoms with Crippen molar-refractivity contribution in [2.24, 2.45) is 5.92 Å². The van der Waals surface area contributed by atoms with E-state index in [2.05, 4.69) is 12.2 Å². The smallest absolute Gasteiger partial charge is 0.130 e. The molecule has 1 aliphatic carbocycles. The highest BCUT2D eigenvalue weighted by molar-refractivity contribution is 5.28. The Bertz CT molecular complexity index is 358. The summed E-state index contributed by atoms with van der Waals surface area (Å²) in [7, 11) is 0. The van der Waals surface area contributed by atoms with Crippen LogP contribution in [0.1, 0.15) is 43.4 Å². The molecule has 2 heteroatoms. The lowest BCUT2D eigenvalue weighted by Crippen LogP contribution is -2.24. The molecular weight excluding hydrogens is 201 g/mol. The summed E-state index contributed by atoms with van der Waals surface area (Å²) in [5.74, 6) is 0.617. The molecule has 0 amide bonds. The molecule has 1 fully saturated rings. The molecule has 16 heavy (non-hydrogen) atoms. The Hall–Kier alpha value is -0.890. The molecule has 0 heterocycles. The van der Waals surface area contributed by atoms with Crippen LogP contribution in [0.15, 0.2) is 18.2 Å². The van der Waals surface area contributed by atoms with Crippen LogP contribution in [-0.4, -0.2) is 6.54 Å². The summed E-state index contributed by atoms with van der Waals surface area (Å²) < 4.78 is 14.0. The molecule has 88 valence electrons. The minimum atomic E-state index is -0.0250. The van der Waals surface area contributed by atoms with Crippen LogP contribution in [0.2, 0.25) is 0 Å². The zero-order chi connectivity index (χ0) is 11.5. The lowest BCUT2D eigenvalue weighted by atomic mass is 9.99. The normalized spacial score (nSPS) is 17.4. The molecule has 1 nitrogen and oxygen atoms in total. The fourth-order valence-electron chi connectivity index (χ4n) is 2.17. The molecule has 1 saturated carbocycles. The van der Waals surface area contributed by atoms with E-state index in [9.17, 15) is 4.39 Å². The Labute approximate surface area is 97.1 Å². The third-order valence-corrected chi connectivity index (χ3v) is 3.26. The Balaban J connectivity index is 2.20.